The van der Waals surface area contributed by atoms with Gasteiger partial charge < -0.3 is 0 Å². The van der Waals surface area contributed by atoms with Crippen LogP contribution in [-0.4, -0.2) is 26.6 Å². The number of rotatable bonds is 3. The van der Waals surface area contributed by atoms with Crippen LogP contribution < -0.4 is 0 Å². The average molecular weight is 409 g/mol. The van der Waals surface area contributed by atoms with Crippen LogP contribution in [0.1, 0.15) is 36.9 Å². The largest absolute Gasteiger partial charge is 0.273 e. The van der Waals surface area contributed by atoms with Crippen molar-refractivity contribution in [3.05, 3.63) is 70.5 Å². The van der Waals surface area contributed by atoms with Crippen LogP contribution in [0.15, 0.2) is 64.4 Å². The zero-order valence-corrected chi connectivity index (χ0v) is 15.8. The minimum atomic E-state index is -0.118. The molecule has 3 aromatic rings. The smallest absolute Gasteiger partial charge is 0.242 e. The lowest BCUT2D eigenvalue weighted by Gasteiger charge is -2.21. The SMILES string of the molecule is CCC(=O)N1N=C(c2ccc(Br)cc2)C[C@@H]1c1ccc2nccnc2c1. The van der Waals surface area contributed by atoms with Crippen molar-refractivity contribution in [1.82, 2.24) is 15.0 Å². The number of amides is 1. The van der Waals surface area contributed by atoms with Crippen molar-refractivity contribution in [3.8, 4) is 0 Å². The Labute approximate surface area is 159 Å². The van der Waals surface area contributed by atoms with Crippen molar-refractivity contribution in [2.45, 2.75) is 25.8 Å². The summed E-state index contributed by atoms with van der Waals surface area (Å²) in [7, 11) is 0. The number of halogens is 1. The summed E-state index contributed by atoms with van der Waals surface area (Å²) in [6.07, 6.45) is 4.46. The molecule has 2 aromatic carbocycles. The summed E-state index contributed by atoms with van der Waals surface area (Å²) >= 11 is 3.45. The maximum absolute atomic E-state index is 12.5. The van der Waals surface area contributed by atoms with Gasteiger partial charge in [0.2, 0.25) is 5.91 Å². The third-order valence-electron chi connectivity index (χ3n) is 4.52. The van der Waals surface area contributed by atoms with Crippen molar-refractivity contribution in [1.29, 1.82) is 0 Å². The van der Waals surface area contributed by atoms with Crippen LogP contribution in [-0.2, 0) is 4.79 Å². The second-order valence-corrected chi connectivity index (χ2v) is 7.09. The summed E-state index contributed by atoms with van der Waals surface area (Å²) in [5, 5.41) is 6.27. The number of hydrazone groups is 1. The van der Waals surface area contributed by atoms with Crippen molar-refractivity contribution in [2.24, 2.45) is 5.10 Å². The van der Waals surface area contributed by atoms with Gasteiger partial charge >= 0.3 is 0 Å². The molecule has 0 saturated heterocycles. The van der Waals surface area contributed by atoms with E-state index < -0.39 is 0 Å². The summed E-state index contributed by atoms with van der Waals surface area (Å²) in [4.78, 5) is 21.2. The summed E-state index contributed by atoms with van der Waals surface area (Å²) in [5.41, 5.74) is 4.65. The molecule has 1 aliphatic rings. The van der Waals surface area contributed by atoms with E-state index in [2.05, 4.69) is 31.0 Å². The Morgan fingerprint density at radius 3 is 2.58 bits per heavy atom. The molecule has 1 amide bonds. The first-order valence-corrected chi connectivity index (χ1v) is 9.31. The summed E-state index contributed by atoms with van der Waals surface area (Å²) in [5.74, 6) is 0.0151. The molecule has 2 heterocycles. The fraction of sp³-hybridized carbons (Fsp3) is 0.200. The van der Waals surface area contributed by atoms with E-state index in [0.29, 0.717) is 12.8 Å². The van der Waals surface area contributed by atoms with Crippen LogP contribution in [0.3, 0.4) is 0 Å². The van der Waals surface area contributed by atoms with Gasteiger partial charge in [0.25, 0.3) is 0 Å². The Morgan fingerprint density at radius 2 is 1.85 bits per heavy atom. The predicted octanol–water partition coefficient (Wildman–Crippen LogP) is 4.48. The standard InChI is InChI=1S/C20H17BrN4O/c1-2-20(26)25-19(12-17(24-25)13-3-6-15(21)7-4-13)14-5-8-16-18(11-14)23-10-9-22-16/h3-11,19H,2,12H2,1H3/t19-/m1/s1. The van der Waals surface area contributed by atoms with Gasteiger partial charge in [-0.3, -0.25) is 14.8 Å². The molecule has 26 heavy (non-hydrogen) atoms. The van der Waals surface area contributed by atoms with Gasteiger partial charge in [-0.2, -0.15) is 5.10 Å². The van der Waals surface area contributed by atoms with Crippen molar-refractivity contribution >= 4 is 38.6 Å². The van der Waals surface area contributed by atoms with E-state index in [1.165, 1.54) is 0 Å². The monoisotopic (exact) mass is 408 g/mol. The number of aromatic nitrogens is 2. The zero-order chi connectivity index (χ0) is 18.1. The molecule has 1 aromatic heterocycles. The van der Waals surface area contributed by atoms with Crippen LogP contribution in [0, 0.1) is 0 Å². The molecule has 1 atom stereocenters. The summed E-state index contributed by atoms with van der Waals surface area (Å²) in [6.45, 7) is 1.86. The minimum Gasteiger partial charge on any atom is -0.273 e. The molecule has 0 N–H and O–H groups in total. The fourth-order valence-electron chi connectivity index (χ4n) is 3.17. The molecule has 0 bridgehead atoms. The van der Waals surface area contributed by atoms with E-state index in [1.54, 1.807) is 17.4 Å². The number of hydrogen-bond donors (Lipinski definition) is 0. The molecule has 0 unspecified atom stereocenters. The molecule has 0 saturated carbocycles. The second-order valence-electron chi connectivity index (χ2n) is 6.17. The third-order valence-corrected chi connectivity index (χ3v) is 5.05. The highest BCUT2D eigenvalue weighted by Gasteiger charge is 2.32. The van der Waals surface area contributed by atoms with E-state index >= 15 is 0 Å². The molecular formula is C20H17BrN4O. The first-order valence-electron chi connectivity index (χ1n) is 8.52. The zero-order valence-electron chi connectivity index (χ0n) is 14.3. The first kappa shape index (κ1) is 16.8. The third kappa shape index (κ3) is 3.12. The molecule has 0 fully saturated rings. The predicted molar refractivity (Wildman–Crippen MR) is 105 cm³/mol. The molecule has 0 radical (unpaired) electrons. The molecule has 4 rings (SSSR count). The van der Waals surface area contributed by atoms with Gasteiger partial charge in [-0.1, -0.05) is 41.1 Å². The van der Waals surface area contributed by atoms with Gasteiger partial charge in [0.1, 0.15) is 0 Å². The van der Waals surface area contributed by atoms with Gasteiger partial charge in [-0.15, -0.1) is 0 Å². The Bertz CT molecular complexity index is 1000. The van der Waals surface area contributed by atoms with Gasteiger partial charge in [-0.05, 0) is 35.4 Å². The quantitative estimate of drug-likeness (QED) is 0.641. The fourth-order valence-corrected chi connectivity index (χ4v) is 3.43. The second kappa shape index (κ2) is 6.96. The molecule has 5 nitrogen and oxygen atoms in total. The Balaban J connectivity index is 1.72. The maximum Gasteiger partial charge on any atom is 0.242 e. The normalized spacial score (nSPS) is 16.8. The van der Waals surface area contributed by atoms with Crippen LogP contribution in [0.4, 0.5) is 0 Å². The van der Waals surface area contributed by atoms with E-state index in [-0.39, 0.29) is 11.9 Å². The number of nitrogens with zero attached hydrogens (tertiary/aromatic N) is 4. The van der Waals surface area contributed by atoms with E-state index in [4.69, 9.17) is 0 Å². The molecule has 6 heteroatoms. The van der Waals surface area contributed by atoms with E-state index in [1.807, 2.05) is 49.4 Å². The van der Waals surface area contributed by atoms with Gasteiger partial charge in [0.15, 0.2) is 0 Å². The Hall–Kier alpha value is -2.60. The van der Waals surface area contributed by atoms with Gasteiger partial charge in [0, 0.05) is 29.7 Å². The van der Waals surface area contributed by atoms with Crippen molar-refractivity contribution in [3.63, 3.8) is 0 Å². The highest BCUT2D eigenvalue weighted by molar-refractivity contribution is 9.10. The van der Waals surface area contributed by atoms with E-state index in [9.17, 15) is 4.79 Å². The Morgan fingerprint density at radius 1 is 1.12 bits per heavy atom. The topological polar surface area (TPSA) is 58.5 Å². The minimum absolute atomic E-state index is 0.0151. The molecular weight excluding hydrogens is 392 g/mol. The number of carbonyl (C=O) groups excluding carboxylic acids is 1. The molecule has 0 spiro atoms. The first-order chi connectivity index (χ1) is 12.7. The van der Waals surface area contributed by atoms with Crippen molar-refractivity contribution in [2.75, 3.05) is 0 Å². The number of carbonyl (C=O) groups is 1. The number of fused-ring (bicyclic) bond motifs is 1. The highest BCUT2D eigenvalue weighted by Crippen LogP contribution is 2.34. The van der Waals surface area contributed by atoms with Crippen molar-refractivity contribution < 1.29 is 4.79 Å². The highest BCUT2D eigenvalue weighted by atomic mass is 79.9. The van der Waals surface area contributed by atoms with Crippen LogP contribution in [0.2, 0.25) is 0 Å². The maximum atomic E-state index is 12.5. The lowest BCUT2D eigenvalue weighted by atomic mass is 9.98. The van der Waals surface area contributed by atoms with Gasteiger partial charge in [0.05, 0.1) is 22.8 Å². The molecule has 130 valence electrons. The summed E-state index contributed by atoms with van der Waals surface area (Å²) in [6, 6.07) is 13.9. The van der Waals surface area contributed by atoms with Gasteiger partial charge in [-0.25, -0.2) is 5.01 Å². The molecule has 1 aliphatic heterocycles. The van der Waals surface area contributed by atoms with Crippen LogP contribution >= 0.6 is 15.9 Å². The average Bonchev–Trinajstić information content (AvgIpc) is 3.13. The van der Waals surface area contributed by atoms with E-state index in [0.717, 1.165) is 32.3 Å². The lowest BCUT2D eigenvalue weighted by molar-refractivity contribution is -0.132. The Kier molecular flexibility index (Phi) is 4.51. The number of hydrogen-bond acceptors (Lipinski definition) is 4. The van der Waals surface area contributed by atoms with Crippen LogP contribution in [0.25, 0.3) is 11.0 Å². The van der Waals surface area contributed by atoms with Crippen LogP contribution in [0.5, 0.6) is 0 Å². The summed E-state index contributed by atoms with van der Waals surface area (Å²) < 4.78 is 1.02. The number of benzene rings is 2. The molecule has 0 aliphatic carbocycles. The lowest BCUT2D eigenvalue weighted by Crippen LogP contribution is -2.26.